The summed E-state index contributed by atoms with van der Waals surface area (Å²) in [6.45, 7) is 8.13. The maximum Gasteiger partial charge on any atom is 0.340 e. The summed E-state index contributed by atoms with van der Waals surface area (Å²) in [6, 6.07) is 7.73. The number of nitrogens with zero attached hydrogens (tertiary/aromatic N) is 2. The van der Waals surface area contributed by atoms with Gasteiger partial charge in [-0.3, -0.25) is 4.98 Å². The van der Waals surface area contributed by atoms with Gasteiger partial charge in [-0.15, -0.1) is 0 Å². The number of carbonyl (C=O) groups is 1. The van der Waals surface area contributed by atoms with E-state index in [-0.39, 0.29) is 12.0 Å². The largest absolute Gasteiger partial charge is 0.462 e. The summed E-state index contributed by atoms with van der Waals surface area (Å²) in [6.07, 6.45) is 1.35. The van der Waals surface area contributed by atoms with E-state index >= 15 is 0 Å². The number of halogens is 1. The highest BCUT2D eigenvalue weighted by atomic mass is 79.9. The summed E-state index contributed by atoms with van der Waals surface area (Å²) in [4.78, 5) is 17.5. The van der Waals surface area contributed by atoms with Crippen LogP contribution in [0.4, 0.5) is 0 Å². The Hall–Kier alpha value is -2.21. The van der Waals surface area contributed by atoms with Crippen LogP contribution in [0.25, 0.3) is 11.1 Å². The second-order valence-electron chi connectivity index (χ2n) is 7.56. The number of oxime groups is 1. The van der Waals surface area contributed by atoms with Crippen LogP contribution in [0, 0.1) is 12.3 Å². The SMILES string of the molecule is CCOC(=O)c1c(C)nc2c(c1-c1ccc(Br)cc1)/C(=N/O)CC(C)(C)C2. The third-order valence-corrected chi connectivity index (χ3v) is 5.30. The molecule has 1 aromatic heterocycles. The first-order chi connectivity index (χ1) is 12.8. The highest BCUT2D eigenvalue weighted by molar-refractivity contribution is 9.10. The van der Waals surface area contributed by atoms with Gasteiger partial charge in [0.2, 0.25) is 0 Å². The molecule has 0 saturated carbocycles. The predicted molar refractivity (Wildman–Crippen MR) is 108 cm³/mol. The van der Waals surface area contributed by atoms with Gasteiger partial charge >= 0.3 is 5.97 Å². The molecule has 0 radical (unpaired) electrons. The number of hydrogen-bond acceptors (Lipinski definition) is 5. The van der Waals surface area contributed by atoms with Crippen molar-refractivity contribution in [3.05, 3.63) is 51.3 Å². The fourth-order valence-electron chi connectivity index (χ4n) is 3.70. The molecule has 6 heteroatoms. The first-order valence-electron chi connectivity index (χ1n) is 8.95. The smallest absolute Gasteiger partial charge is 0.340 e. The third-order valence-electron chi connectivity index (χ3n) is 4.77. The Kier molecular flexibility index (Phi) is 5.38. The molecule has 0 fully saturated rings. The topological polar surface area (TPSA) is 71.8 Å². The lowest BCUT2D eigenvalue weighted by molar-refractivity contribution is 0.0526. The molecule has 2 aromatic rings. The minimum Gasteiger partial charge on any atom is -0.462 e. The van der Waals surface area contributed by atoms with E-state index in [4.69, 9.17) is 9.72 Å². The third kappa shape index (κ3) is 3.76. The van der Waals surface area contributed by atoms with Crippen molar-refractivity contribution in [1.29, 1.82) is 0 Å². The molecule has 0 aliphatic heterocycles. The molecule has 1 heterocycles. The lowest BCUT2D eigenvalue weighted by atomic mass is 9.73. The average Bonchev–Trinajstić information content (AvgIpc) is 2.59. The average molecular weight is 431 g/mol. The van der Waals surface area contributed by atoms with Crippen molar-refractivity contribution < 1.29 is 14.7 Å². The van der Waals surface area contributed by atoms with Crippen molar-refractivity contribution in [1.82, 2.24) is 4.98 Å². The molecule has 0 spiro atoms. The first kappa shape index (κ1) is 19.5. The van der Waals surface area contributed by atoms with E-state index in [1.165, 1.54) is 0 Å². The Labute approximate surface area is 167 Å². The maximum atomic E-state index is 12.8. The van der Waals surface area contributed by atoms with Crippen LogP contribution in [0.1, 0.15) is 54.5 Å². The normalized spacial score (nSPS) is 16.9. The molecule has 1 aliphatic carbocycles. The van der Waals surface area contributed by atoms with Crippen LogP contribution in [0.15, 0.2) is 33.9 Å². The number of fused-ring (bicyclic) bond motifs is 1. The summed E-state index contributed by atoms with van der Waals surface area (Å²) in [5.74, 6) is -0.412. The van der Waals surface area contributed by atoms with Gasteiger partial charge in [-0.05, 0) is 49.8 Å². The number of esters is 1. The van der Waals surface area contributed by atoms with Crippen LogP contribution in [0.5, 0.6) is 0 Å². The van der Waals surface area contributed by atoms with Crippen LogP contribution < -0.4 is 0 Å². The molecule has 0 amide bonds. The van der Waals surface area contributed by atoms with Gasteiger partial charge in [-0.2, -0.15) is 0 Å². The number of aryl methyl sites for hydroxylation is 1. The Bertz CT molecular complexity index is 918. The van der Waals surface area contributed by atoms with Gasteiger partial charge in [-0.1, -0.05) is 47.1 Å². The Morgan fingerprint density at radius 1 is 1.26 bits per heavy atom. The molecule has 3 rings (SSSR count). The van der Waals surface area contributed by atoms with E-state index in [0.717, 1.165) is 33.3 Å². The van der Waals surface area contributed by atoms with Gasteiger partial charge in [0, 0.05) is 15.6 Å². The van der Waals surface area contributed by atoms with E-state index in [9.17, 15) is 10.0 Å². The fraction of sp³-hybridized carbons (Fsp3) is 0.381. The van der Waals surface area contributed by atoms with Crippen molar-refractivity contribution in [2.45, 2.75) is 40.5 Å². The number of rotatable bonds is 3. The molecule has 0 unspecified atom stereocenters. The van der Waals surface area contributed by atoms with Gasteiger partial charge in [-0.25, -0.2) is 4.79 Å². The fourth-order valence-corrected chi connectivity index (χ4v) is 3.97. The van der Waals surface area contributed by atoms with Crippen LogP contribution in [0.2, 0.25) is 0 Å². The summed E-state index contributed by atoms with van der Waals surface area (Å²) in [5, 5.41) is 13.3. The number of pyridine rings is 1. The van der Waals surface area contributed by atoms with Crippen LogP contribution in [-0.2, 0) is 11.2 Å². The van der Waals surface area contributed by atoms with E-state index in [1.54, 1.807) is 6.92 Å². The van der Waals surface area contributed by atoms with E-state index < -0.39 is 5.97 Å². The van der Waals surface area contributed by atoms with Crippen LogP contribution in [0.3, 0.4) is 0 Å². The number of benzene rings is 1. The molecule has 0 atom stereocenters. The van der Waals surface area contributed by atoms with E-state index in [2.05, 4.69) is 34.9 Å². The van der Waals surface area contributed by atoms with Gasteiger partial charge in [0.25, 0.3) is 0 Å². The summed E-state index contributed by atoms with van der Waals surface area (Å²) in [7, 11) is 0. The molecule has 0 bridgehead atoms. The second kappa shape index (κ2) is 7.43. The van der Waals surface area contributed by atoms with Gasteiger partial charge < -0.3 is 9.94 Å². The Morgan fingerprint density at radius 3 is 2.52 bits per heavy atom. The monoisotopic (exact) mass is 430 g/mol. The first-order valence-corrected chi connectivity index (χ1v) is 9.74. The summed E-state index contributed by atoms with van der Waals surface area (Å²) >= 11 is 3.45. The maximum absolute atomic E-state index is 12.8. The van der Waals surface area contributed by atoms with Crippen LogP contribution in [-0.4, -0.2) is 28.5 Å². The number of carbonyl (C=O) groups excluding carboxylic acids is 1. The molecule has 1 N–H and O–H groups in total. The van der Waals surface area contributed by atoms with Crippen molar-refractivity contribution in [2.24, 2.45) is 10.6 Å². The zero-order valence-electron chi connectivity index (χ0n) is 16.0. The molecule has 27 heavy (non-hydrogen) atoms. The minimum atomic E-state index is -0.412. The quantitative estimate of drug-likeness (QED) is 0.415. The van der Waals surface area contributed by atoms with Gasteiger partial charge in [0.1, 0.15) is 0 Å². The van der Waals surface area contributed by atoms with Gasteiger partial charge in [0.15, 0.2) is 0 Å². The second-order valence-corrected chi connectivity index (χ2v) is 8.48. The number of ether oxygens (including phenoxy) is 1. The molecule has 1 aromatic carbocycles. The van der Waals surface area contributed by atoms with E-state index in [0.29, 0.717) is 23.4 Å². The van der Waals surface area contributed by atoms with Crippen molar-refractivity contribution in [3.8, 4) is 11.1 Å². The summed E-state index contributed by atoms with van der Waals surface area (Å²) in [5.41, 5.74) is 4.72. The molecular weight excluding hydrogens is 408 g/mol. The predicted octanol–water partition coefficient (Wildman–Crippen LogP) is 5.15. The van der Waals surface area contributed by atoms with Crippen molar-refractivity contribution in [3.63, 3.8) is 0 Å². The highest BCUT2D eigenvalue weighted by Gasteiger charge is 2.36. The Balaban J connectivity index is 2.37. The molecule has 0 saturated heterocycles. The Morgan fingerprint density at radius 2 is 1.93 bits per heavy atom. The molecule has 142 valence electrons. The highest BCUT2D eigenvalue weighted by Crippen LogP contribution is 2.41. The zero-order chi connectivity index (χ0) is 19.8. The van der Waals surface area contributed by atoms with Crippen LogP contribution >= 0.6 is 15.9 Å². The lowest BCUT2D eigenvalue weighted by Gasteiger charge is -2.33. The molecular formula is C21H23BrN2O3. The zero-order valence-corrected chi connectivity index (χ0v) is 17.6. The lowest BCUT2D eigenvalue weighted by Crippen LogP contribution is -2.30. The standard InChI is InChI=1S/C21H23BrN2O3/c1-5-27-20(25)17-12(2)23-15-10-21(3,4)11-16(24-26)19(15)18(17)13-6-8-14(22)9-7-13/h6-9,26H,5,10-11H2,1-4H3/b24-16+. The number of aromatic nitrogens is 1. The van der Waals surface area contributed by atoms with Crippen molar-refractivity contribution in [2.75, 3.05) is 6.61 Å². The van der Waals surface area contributed by atoms with Crippen molar-refractivity contribution >= 4 is 27.6 Å². The minimum absolute atomic E-state index is 0.0730. The number of hydrogen-bond donors (Lipinski definition) is 1. The molecule has 1 aliphatic rings. The molecule has 5 nitrogen and oxygen atoms in total. The van der Waals surface area contributed by atoms with E-state index in [1.807, 2.05) is 31.2 Å². The van der Waals surface area contributed by atoms with Gasteiger partial charge in [0.05, 0.1) is 29.3 Å². The summed E-state index contributed by atoms with van der Waals surface area (Å²) < 4.78 is 6.25.